The zero-order chi connectivity index (χ0) is 10.7. The highest BCUT2D eigenvalue weighted by Gasteiger charge is 2.15. The number of ether oxygens (including phenoxy) is 1. The van der Waals surface area contributed by atoms with Crippen molar-refractivity contribution >= 4 is 11.7 Å². The summed E-state index contributed by atoms with van der Waals surface area (Å²) in [6.07, 6.45) is -1.73. The summed E-state index contributed by atoms with van der Waals surface area (Å²) < 4.78 is 28.7. The van der Waals surface area contributed by atoms with E-state index in [1.807, 2.05) is 0 Å². The average Bonchev–Trinajstić information content (AvgIpc) is 2.17. The Morgan fingerprint density at radius 3 is 2.79 bits per heavy atom. The summed E-state index contributed by atoms with van der Waals surface area (Å²) in [5.41, 5.74) is 4.77. The number of esters is 1. The lowest BCUT2D eigenvalue weighted by Gasteiger charge is -2.05. The molecule has 0 radical (unpaired) electrons. The number of nitrogen functional groups attached to an aromatic ring is 1. The second kappa shape index (κ2) is 3.99. The Balaban J connectivity index is 3.15. The SMILES string of the molecule is COC(=O)c1cc(C(F)F)ncc1N. The third kappa shape index (κ3) is 1.95. The highest BCUT2D eigenvalue weighted by Crippen LogP contribution is 2.20. The predicted octanol–water partition coefficient (Wildman–Crippen LogP) is 1.39. The molecule has 4 nitrogen and oxygen atoms in total. The Kier molecular flexibility index (Phi) is 2.95. The zero-order valence-corrected chi connectivity index (χ0v) is 7.33. The summed E-state index contributed by atoms with van der Waals surface area (Å²) in [4.78, 5) is 14.4. The van der Waals surface area contributed by atoms with Crippen molar-refractivity contribution in [3.8, 4) is 0 Å². The van der Waals surface area contributed by atoms with Gasteiger partial charge in [-0.05, 0) is 6.07 Å². The fraction of sp³-hybridized carbons (Fsp3) is 0.250. The minimum atomic E-state index is -2.74. The van der Waals surface area contributed by atoms with Gasteiger partial charge in [0.1, 0.15) is 5.69 Å². The van der Waals surface area contributed by atoms with Crippen LogP contribution in [0.2, 0.25) is 0 Å². The van der Waals surface area contributed by atoms with E-state index in [1.165, 1.54) is 0 Å². The normalized spacial score (nSPS) is 10.3. The van der Waals surface area contributed by atoms with Crippen molar-refractivity contribution in [2.45, 2.75) is 6.43 Å². The maximum atomic E-state index is 12.2. The molecular formula is C8H8F2N2O2. The number of alkyl halides is 2. The van der Waals surface area contributed by atoms with E-state index < -0.39 is 18.1 Å². The van der Waals surface area contributed by atoms with Gasteiger partial charge in [-0.15, -0.1) is 0 Å². The molecule has 6 heteroatoms. The summed E-state index contributed by atoms with van der Waals surface area (Å²) in [5.74, 6) is -0.758. The van der Waals surface area contributed by atoms with Gasteiger partial charge >= 0.3 is 5.97 Å². The van der Waals surface area contributed by atoms with Crippen LogP contribution in [0.4, 0.5) is 14.5 Å². The lowest BCUT2D eigenvalue weighted by molar-refractivity contribution is 0.0601. The molecule has 0 aliphatic heterocycles. The highest BCUT2D eigenvalue weighted by molar-refractivity contribution is 5.94. The molecule has 1 rings (SSSR count). The molecule has 0 atom stereocenters. The monoisotopic (exact) mass is 202 g/mol. The minimum Gasteiger partial charge on any atom is -0.465 e. The Bertz CT molecular complexity index is 355. The molecule has 1 heterocycles. The van der Waals surface area contributed by atoms with Crippen molar-refractivity contribution in [3.05, 3.63) is 23.5 Å². The van der Waals surface area contributed by atoms with Gasteiger partial charge in [0.25, 0.3) is 6.43 Å². The average molecular weight is 202 g/mol. The van der Waals surface area contributed by atoms with Crippen molar-refractivity contribution in [1.82, 2.24) is 4.98 Å². The van der Waals surface area contributed by atoms with E-state index in [9.17, 15) is 13.6 Å². The number of carbonyl (C=O) groups is 1. The number of halogens is 2. The summed E-state index contributed by atoms with van der Waals surface area (Å²) in [5, 5.41) is 0. The van der Waals surface area contributed by atoms with Gasteiger partial charge < -0.3 is 10.5 Å². The van der Waals surface area contributed by atoms with Gasteiger partial charge in [0.15, 0.2) is 0 Å². The van der Waals surface area contributed by atoms with Crippen molar-refractivity contribution in [3.63, 3.8) is 0 Å². The summed E-state index contributed by atoms with van der Waals surface area (Å²) in [6, 6.07) is 0.922. The molecular weight excluding hydrogens is 194 g/mol. The van der Waals surface area contributed by atoms with Crippen LogP contribution in [-0.2, 0) is 4.74 Å². The second-order valence-electron chi connectivity index (χ2n) is 2.49. The summed E-state index contributed by atoms with van der Waals surface area (Å²) in [7, 11) is 1.14. The Morgan fingerprint density at radius 2 is 2.29 bits per heavy atom. The lowest BCUT2D eigenvalue weighted by Crippen LogP contribution is -2.07. The zero-order valence-electron chi connectivity index (χ0n) is 7.33. The van der Waals surface area contributed by atoms with Gasteiger partial charge in [0.05, 0.1) is 24.6 Å². The molecule has 0 aromatic carbocycles. The van der Waals surface area contributed by atoms with Crippen molar-refractivity contribution in [1.29, 1.82) is 0 Å². The first-order chi connectivity index (χ1) is 6.56. The van der Waals surface area contributed by atoms with Crippen molar-refractivity contribution in [2.75, 3.05) is 12.8 Å². The molecule has 0 aliphatic carbocycles. The van der Waals surface area contributed by atoms with Crippen LogP contribution in [0.5, 0.6) is 0 Å². The van der Waals surface area contributed by atoms with E-state index >= 15 is 0 Å². The molecule has 1 aromatic heterocycles. The van der Waals surface area contributed by atoms with Gasteiger partial charge in [0, 0.05) is 0 Å². The number of hydrogen-bond donors (Lipinski definition) is 1. The Labute approximate surface area is 78.7 Å². The fourth-order valence-electron chi connectivity index (χ4n) is 0.888. The Morgan fingerprint density at radius 1 is 1.64 bits per heavy atom. The van der Waals surface area contributed by atoms with E-state index in [0.717, 1.165) is 19.4 Å². The third-order valence-electron chi connectivity index (χ3n) is 1.58. The first kappa shape index (κ1) is 10.4. The number of anilines is 1. The van der Waals surface area contributed by atoms with Crippen LogP contribution < -0.4 is 5.73 Å². The lowest BCUT2D eigenvalue weighted by atomic mass is 10.2. The van der Waals surface area contributed by atoms with Gasteiger partial charge in [-0.1, -0.05) is 0 Å². The molecule has 0 saturated carbocycles. The number of nitrogens with zero attached hydrogens (tertiary/aromatic N) is 1. The molecule has 1 aromatic rings. The van der Waals surface area contributed by atoms with E-state index in [-0.39, 0.29) is 11.3 Å². The number of hydrogen-bond acceptors (Lipinski definition) is 4. The standard InChI is InChI=1S/C8H8F2N2O2/c1-14-8(13)4-2-6(7(9)10)12-3-5(4)11/h2-3,7H,11H2,1H3. The smallest absolute Gasteiger partial charge is 0.340 e. The molecule has 2 N–H and O–H groups in total. The molecule has 0 amide bonds. The van der Waals surface area contributed by atoms with Crippen LogP contribution in [0, 0.1) is 0 Å². The summed E-state index contributed by atoms with van der Waals surface area (Å²) >= 11 is 0. The molecule has 76 valence electrons. The van der Waals surface area contributed by atoms with Crippen molar-refractivity contribution < 1.29 is 18.3 Å². The molecule has 0 spiro atoms. The van der Waals surface area contributed by atoms with Crippen LogP contribution in [0.15, 0.2) is 12.3 Å². The van der Waals surface area contributed by atoms with E-state index in [1.54, 1.807) is 0 Å². The topological polar surface area (TPSA) is 65.2 Å². The van der Waals surface area contributed by atoms with E-state index in [0.29, 0.717) is 0 Å². The first-order valence-corrected chi connectivity index (χ1v) is 3.68. The number of methoxy groups -OCH3 is 1. The molecule has 0 aliphatic rings. The molecule has 0 bridgehead atoms. The Hall–Kier alpha value is -1.72. The van der Waals surface area contributed by atoms with Crippen LogP contribution in [0.1, 0.15) is 22.5 Å². The minimum absolute atomic E-state index is 0.0150. The van der Waals surface area contributed by atoms with E-state index in [2.05, 4.69) is 9.72 Å². The van der Waals surface area contributed by atoms with Crippen LogP contribution in [0.25, 0.3) is 0 Å². The highest BCUT2D eigenvalue weighted by atomic mass is 19.3. The number of aromatic nitrogens is 1. The van der Waals surface area contributed by atoms with E-state index in [4.69, 9.17) is 5.73 Å². The second-order valence-corrected chi connectivity index (χ2v) is 2.49. The molecule has 0 unspecified atom stereocenters. The number of carbonyl (C=O) groups excluding carboxylic acids is 1. The quantitative estimate of drug-likeness (QED) is 0.736. The third-order valence-corrected chi connectivity index (χ3v) is 1.58. The molecule has 0 fully saturated rings. The van der Waals surface area contributed by atoms with Crippen molar-refractivity contribution in [2.24, 2.45) is 0 Å². The number of nitrogens with two attached hydrogens (primary N) is 1. The van der Waals surface area contributed by atoms with Gasteiger partial charge in [-0.3, -0.25) is 4.98 Å². The molecule has 0 saturated heterocycles. The molecule has 14 heavy (non-hydrogen) atoms. The summed E-state index contributed by atoms with van der Waals surface area (Å²) in [6.45, 7) is 0. The largest absolute Gasteiger partial charge is 0.465 e. The maximum Gasteiger partial charge on any atom is 0.340 e. The predicted molar refractivity (Wildman–Crippen MR) is 44.9 cm³/mol. The van der Waals surface area contributed by atoms with Gasteiger partial charge in [-0.25, -0.2) is 13.6 Å². The fourth-order valence-corrected chi connectivity index (χ4v) is 0.888. The first-order valence-electron chi connectivity index (χ1n) is 3.68. The van der Waals surface area contributed by atoms with Crippen LogP contribution in [-0.4, -0.2) is 18.1 Å². The van der Waals surface area contributed by atoms with Gasteiger partial charge in [0.2, 0.25) is 0 Å². The van der Waals surface area contributed by atoms with Gasteiger partial charge in [-0.2, -0.15) is 0 Å². The number of rotatable bonds is 2. The maximum absolute atomic E-state index is 12.2. The number of pyridine rings is 1. The van der Waals surface area contributed by atoms with Crippen LogP contribution in [0.3, 0.4) is 0 Å². The van der Waals surface area contributed by atoms with Crippen LogP contribution >= 0.6 is 0 Å².